The van der Waals surface area contributed by atoms with Crippen LogP contribution >= 0.6 is 38.7 Å². The number of rotatable bonds is 1. The molecule has 0 saturated heterocycles. The first kappa shape index (κ1) is 9.97. The molecule has 0 aliphatic rings. The second-order valence-electron chi connectivity index (χ2n) is 2.80. The smallest absolute Gasteiger partial charge is 0.337 e. The number of carboxylic acids is 1. The summed E-state index contributed by atoms with van der Waals surface area (Å²) in [7, 11) is 0. The predicted octanol–water partition coefficient (Wildman–Crippen LogP) is 3.10. The van der Waals surface area contributed by atoms with Gasteiger partial charge in [0.1, 0.15) is 0 Å². The minimum atomic E-state index is -0.911. The van der Waals surface area contributed by atoms with E-state index in [2.05, 4.69) is 38.7 Å². The summed E-state index contributed by atoms with van der Waals surface area (Å²) < 4.78 is 2.65. The van der Waals surface area contributed by atoms with Crippen LogP contribution in [0.25, 0.3) is 10.9 Å². The number of aromatic nitrogens is 1. The van der Waals surface area contributed by atoms with Crippen LogP contribution in [-0.2, 0) is 0 Å². The fraction of sp³-hybridized carbons (Fsp3) is 0. The molecule has 0 unspecified atom stereocenters. The Kier molecular flexibility index (Phi) is 2.52. The van der Waals surface area contributed by atoms with Crippen LogP contribution < -0.4 is 0 Å². The molecule has 0 aliphatic carbocycles. The zero-order valence-electron chi connectivity index (χ0n) is 6.87. The molecular weight excluding hydrogens is 361 g/mol. The van der Waals surface area contributed by atoms with Gasteiger partial charge in [-0.3, -0.25) is 3.59 Å². The summed E-state index contributed by atoms with van der Waals surface area (Å²) in [4.78, 5) is 10.9. The van der Waals surface area contributed by atoms with E-state index in [-0.39, 0.29) is 0 Å². The van der Waals surface area contributed by atoms with E-state index in [4.69, 9.17) is 5.11 Å². The van der Waals surface area contributed by atoms with Crippen LogP contribution in [0, 0.1) is 3.70 Å². The molecule has 72 valence electrons. The van der Waals surface area contributed by atoms with Gasteiger partial charge in [-0.15, -0.1) is 0 Å². The SMILES string of the molecule is O=C(O)c1cccc2cc(I)n(Br)c12. The zero-order valence-corrected chi connectivity index (χ0v) is 10.6. The molecule has 1 aromatic carbocycles. The average molecular weight is 366 g/mol. The number of fused-ring (bicyclic) bond motifs is 1. The predicted molar refractivity (Wildman–Crippen MR) is 65.9 cm³/mol. The van der Waals surface area contributed by atoms with Gasteiger partial charge in [0, 0.05) is 5.39 Å². The number of halogens is 2. The van der Waals surface area contributed by atoms with Gasteiger partial charge in [0.2, 0.25) is 0 Å². The van der Waals surface area contributed by atoms with Crippen LogP contribution in [0.15, 0.2) is 24.3 Å². The summed E-state index contributed by atoms with van der Waals surface area (Å²) in [6, 6.07) is 7.16. The first-order chi connectivity index (χ1) is 6.61. The van der Waals surface area contributed by atoms with E-state index in [0.717, 1.165) is 9.09 Å². The van der Waals surface area contributed by atoms with Gasteiger partial charge in [-0.2, -0.15) is 0 Å². The fourth-order valence-corrected chi connectivity index (χ4v) is 2.44. The van der Waals surface area contributed by atoms with Gasteiger partial charge in [0.25, 0.3) is 0 Å². The molecule has 1 aromatic heterocycles. The van der Waals surface area contributed by atoms with Crippen LogP contribution in [0.3, 0.4) is 0 Å². The third-order valence-corrected chi connectivity index (χ3v) is 4.15. The largest absolute Gasteiger partial charge is 0.478 e. The summed E-state index contributed by atoms with van der Waals surface area (Å²) >= 11 is 5.46. The van der Waals surface area contributed by atoms with E-state index in [1.165, 1.54) is 0 Å². The molecule has 5 heteroatoms. The van der Waals surface area contributed by atoms with Crippen molar-refractivity contribution < 1.29 is 9.90 Å². The number of nitrogens with zero attached hydrogens (tertiary/aromatic N) is 1. The molecular formula is C9H5BrINO2. The van der Waals surface area contributed by atoms with Crippen LogP contribution in [0.1, 0.15) is 10.4 Å². The van der Waals surface area contributed by atoms with Crippen LogP contribution in [0.4, 0.5) is 0 Å². The van der Waals surface area contributed by atoms with E-state index in [1.807, 2.05) is 12.1 Å². The second-order valence-corrected chi connectivity index (χ2v) is 4.61. The minimum Gasteiger partial charge on any atom is -0.478 e. The Morgan fingerprint density at radius 3 is 2.86 bits per heavy atom. The molecule has 14 heavy (non-hydrogen) atoms. The van der Waals surface area contributed by atoms with Crippen molar-refractivity contribution in [2.24, 2.45) is 0 Å². The lowest BCUT2D eigenvalue weighted by Crippen LogP contribution is -1.98. The van der Waals surface area contributed by atoms with Crippen molar-refractivity contribution in [3.05, 3.63) is 33.5 Å². The highest BCUT2D eigenvalue weighted by Gasteiger charge is 2.13. The topological polar surface area (TPSA) is 42.2 Å². The summed E-state index contributed by atoms with van der Waals surface area (Å²) in [5, 5.41) is 9.90. The monoisotopic (exact) mass is 365 g/mol. The van der Waals surface area contributed by atoms with Gasteiger partial charge >= 0.3 is 5.97 Å². The van der Waals surface area contributed by atoms with Gasteiger partial charge in [-0.1, -0.05) is 12.1 Å². The molecule has 1 heterocycles. The summed E-state index contributed by atoms with van der Waals surface area (Å²) in [6.45, 7) is 0. The molecule has 0 radical (unpaired) electrons. The Morgan fingerprint density at radius 1 is 1.50 bits per heavy atom. The van der Waals surface area contributed by atoms with Crippen molar-refractivity contribution >= 4 is 55.6 Å². The van der Waals surface area contributed by atoms with Crippen molar-refractivity contribution in [3.63, 3.8) is 0 Å². The van der Waals surface area contributed by atoms with Crippen molar-refractivity contribution in [1.29, 1.82) is 0 Å². The third kappa shape index (κ3) is 1.44. The molecule has 0 saturated carbocycles. The van der Waals surface area contributed by atoms with Crippen LogP contribution in [0.5, 0.6) is 0 Å². The first-order valence-electron chi connectivity index (χ1n) is 3.80. The molecule has 0 amide bonds. The molecule has 0 fully saturated rings. The Labute approximate surface area is 102 Å². The molecule has 2 rings (SSSR count). The normalized spacial score (nSPS) is 10.7. The quantitative estimate of drug-likeness (QED) is 0.789. The molecule has 0 atom stereocenters. The van der Waals surface area contributed by atoms with Gasteiger partial charge in [-0.25, -0.2) is 4.79 Å². The summed E-state index contributed by atoms with van der Waals surface area (Å²) in [5.74, 6) is -0.911. The van der Waals surface area contributed by atoms with Crippen molar-refractivity contribution in [2.75, 3.05) is 0 Å². The maximum Gasteiger partial charge on any atom is 0.337 e. The lowest BCUT2D eigenvalue weighted by molar-refractivity contribution is 0.0699. The standard InChI is InChI=1S/C9H5BrINO2/c10-12-7(11)4-5-2-1-3-6(8(5)12)9(13)14/h1-4H,(H,13,14). The van der Waals surface area contributed by atoms with E-state index < -0.39 is 5.97 Å². The Balaban J connectivity index is 2.91. The highest BCUT2D eigenvalue weighted by molar-refractivity contribution is 14.1. The molecule has 0 bridgehead atoms. The highest BCUT2D eigenvalue weighted by atomic mass is 127. The number of hydrogen-bond acceptors (Lipinski definition) is 1. The lowest BCUT2D eigenvalue weighted by Gasteiger charge is -1.99. The van der Waals surface area contributed by atoms with E-state index >= 15 is 0 Å². The highest BCUT2D eigenvalue weighted by Crippen LogP contribution is 2.26. The number of benzene rings is 1. The van der Waals surface area contributed by atoms with Crippen molar-refractivity contribution in [2.45, 2.75) is 0 Å². The molecule has 2 aromatic rings. The van der Waals surface area contributed by atoms with Crippen LogP contribution in [-0.4, -0.2) is 14.7 Å². The van der Waals surface area contributed by atoms with Gasteiger partial charge in [0.05, 0.1) is 30.9 Å². The van der Waals surface area contributed by atoms with Gasteiger partial charge in [-0.05, 0) is 34.7 Å². The Morgan fingerprint density at radius 2 is 2.21 bits per heavy atom. The Bertz CT molecular complexity index is 521. The molecule has 1 N–H and O–H groups in total. The van der Waals surface area contributed by atoms with Crippen LogP contribution in [0.2, 0.25) is 0 Å². The number of carbonyl (C=O) groups is 1. The van der Waals surface area contributed by atoms with E-state index in [1.54, 1.807) is 15.7 Å². The molecule has 3 nitrogen and oxygen atoms in total. The number of aromatic carboxylic acids is 1. The maximum absolute atomic E-state index is 10.9. The van der Waals surface area contributed by atoms with Gasteiger partial charge < -0.3 is 5.11 Å². The van der Waals surface area contributed by atoms with Crippen molar-refractivity contribution in [3.8, 4) is 0 Å². The third-order valence-electron chi connectivity index (χ3n) is 1.96. The number of hydrogen-bond donors (Lipinski definition) is 1. The maximum atomic E-state index is 10.9. The Hall–Kier alpha value is -0.560. The molecule has 0 aliphatic heterocycles. The summed E-state index contributed by atoms with van der Waals surface area (Å²) in [5.41, 5.74) is 1.01. The zero-order chi connectivity index (χ0) is 10.3. The second kappa shape index (κ2) is 3.54. The van der Waals surface area contributed by atoms with E-state index in [0.29, 0.717) is 11.1 Å². The average Bonchev–Trinajstić information content (AvgIpc) is 2.43. The summed E-state index contributed by atoms with van der Waals surface area (Å²) in [6.07, 6.45) is 0. The van der Waals surface area contributed by atoms with Gasteiger partial charge in [0.15, 0.2) is 0 Å². The van der Waals surface area contributed by atoms with Crippen molar-refractivity contribution in [1.82, 2.24) is 3.59 Å². The lowest BCUT2D eigenvalue weighted by atomic mass is 10.1. The molecule has 0 spiro atoms. The first-order valence-corrected chi connectivity index (χ1v) is 5.59. The number of carboxylic acid groups (broad SMARTS) is 1. The van der Waals surface area contributed by atoms with E-state index in [9.17, 15) is 4.79 Å². The fourth-order valence-electron chi connectivity index (χ4n) is 1.36. The minimum absolute atomic E-state index is 0.308. The number of para-hydroxylation sites is 1.